The van der Waals surface area contributed by atoms with Crippen molar-refractivity contribution in [1.82, 2.24) is 9.88 Å². The van der Waals surface area contributed by atoms with Crippen molar-refractivity contribution in [2.24, 2.45) is 5.92 Å². The van der Waals surface area contributed by atoms with Gasteiger partial charge in [-0.2, -0.15) is 0 Å². The highest BCUT2D eigenvalue weighted by Crippen LogP contribution is 2.37. The summed E-state index contributed by atoms with van der Waals surface area (Å²) in [4.78, 5) is 10.1. The van der Waals surface area contributed by atoms with Crippen LogP contribution in [0.25, 0.3) is 21.3 Å². The third-order valence-electron chi connectivity index (χ3n) is 7.18. The van der Waals surface area contributed by atoms with Gasteiger partial charge in [-0.05, 0) is 53.8 Å². The van der Waals surface area contributed by atoms with Crippen molar-refractivity contribution in [2.75, 3.05) is 37.6 Å². The van der Waals surface area contributed by atoms with Crippen molar-refractivity contribution in [2.45, 2.75) is 45.1 Å². The molecule has 1 aromatic carbocycles. The number of likely N-dealkylation sites (N-methyl/N-ethyl adjacent to an activating group) is 1. The Balaban J connectivity index is 0.00000153. The van der Waals surface area contributed by atoms with Crippen LogP contribution in [-0.4, -0.2) is 47.7 Å². The molecular weight excluding hydrogens is 473 g/mol. The molecule has 0 spiro atoms. The first kappa shape index (κ1) is 26.2. The van der Waals surface area contributed by atoms with Gasteiger partial charge >= 0.3 is 0 Å². The smallest absolute Gasteiger partial charge is 0.147 e. The molecule has 1 saturated heterocycles. The number of fused-ring (bicyclic) bond motifs is 1. The van der Waals surface area contributed by atoms with E-state index in [9.17, 15) is 5.11 Å². The van der Waals surface area contributed by atoms with Crippen LogP contribution in [-0.2, 0) is 0 Å². The van der Waals surface area contributed by atoms with Crippen LogP contribution in [0.5, 0.6) is 0 Å². The Morgan fingerprint density at radius 2 is 1.70 bits per heavy atom. The molecule has 180 valence electrons. The van der Waals surface area contributed by atoms with E-state index in [1.54, 1.807) is 11.3 Å². The molecule has 2 fully saturated rings. The lowest BCUT2D eigenvalue weighted by atomic mass is 9.82. The van der Waals surface area contributed by atoms with Crippen LogP contribution in [0, 0.1) is 5.92 Å². The van der Waals surface area contributed by atoms with E-state index in [1.165, 1.54) is 29.3 Å². The molecule has 0 radical (unpaired) electrons. The first-order chi connectivity index (χ1) is 15.2. The van der Waals surface area contributed by atoms with Crippen LogP contribution >= 0.6 is 36.2 Å². The number of benzene rings is 1. The van der Waals surface area contributed by atoms with Gasteiger partial charge in [0.2, 0.25) is 0 Å². The van der Waals surface area contributed by atoms with Crippen LogP contribution in [0.15, 0.2) is 41.8 Å². The van der Waals surface area contributed by atoms with E-state index in [0.29, 0.717) is 5.92 Å². The molecule has 2 aliphatic rings. The molecule has 2 aromatic heterocycles. The third-order valence-corrected chi connectivity index (χ3v) is 8.11. The standard InChI is InChI=1S/C26H33N3OS.2ClH/c1-2-28-13-15-29(16-14-28)26-25-22(12-17-31-25)18-23(27-26)19-8-10-21(11-9-19)24(30)20-6-4-3-5-7-20;;/h8-12,17-18,20,24,30H,2-7,13-16H2,1H3;2*1H. The summed E-state index contributed by atoms with van der Waals surface area (Å²) in [5.74, 6) is 1.54. The zero-order chi connectivity index (χ0) is 21.2. The fourth-order valence-electron chi connectivity index (χ4n) is 5.17. The molecule has 1 aliphatic heterocycles. The molecule has 1 aliphatic carbocycles. The minimum atomic E-state index is -0.341. The number of halogens is 2. The highest BCUT2D eigenvalue weighted by atomic mass is 35.5. The number of aromatic nitrogens is 1. The van der Waals surface area contributed by atoms with E-state index < -0.39 is 0 Å². The number of hydrogen-bond acceptors (Lipinski definition) is 5. The minimum Gasteiger partial charge on any atom is -0.388 e. The van der Waals surface area contributed by atoms with E-state index in [0.717, 1.165) is 68.2 Å². The number of pyridine rings is 1. The van der Waals surface area contributed by atoms with Crippen molar-refractivity contribution < 1.29 is 5.11 Å². The van der Waals surface area contributed by atoms with Crippen molar-refractivity contribution in [3.05, 3.63) is 47.3 Å². The highest BCUT2D eigenvalue weighted by molar-refractivity contribution is 7.17. The lowest BCUT2D eigenvalue weighted by molar-refractivity contribution is 0.0848. The molecule has 5 rings (SSSR count). The van der Waals surface area contributed by atoms with Crippen LogP contribution in [0.1, 0.15) is 50.7 Å². The van der Waals surface area contributed by atoms with Crippen molar-refractivity contribution in [1.29, 1.82) is 0 Å². The van der Waals surface area contributed by atoms with Crippen LogP contribution in [0.3, 0.4) is 0 Å². The summed E-state index contributed by atoms with van der Waals surface area (Å²) >= 11 is 1.79. The number of hydrogen-bond donors (Lipinski definition) is 1. The predicted molar refractivity (Wildman–Crippen MR) is 145 cm³/mol. The summed E-state index contributed by atoms with van der Waals surface area (Å²) in [5.41, 5.74) is 3.20. The number of piperazine rings is 1. The van der Waals surface area contributed by atoms with E-state index in [-0.39, 0.29) is 30.9 Å². The van der Waals surface area contributed by atoms with Gasteiger partial charge in [-0.1, -0.05) is 50.5 Å². The number of aliphatic hydroxyl groups excluding tert-OH is 1. The zero-order valence-electron chi connectivity index (χ0n) is 19.3. The van der Waals surface area contributed by atoms with Gasteiger partial charge in [0.05, 0.1) is 16.5 Å². The fourth-order valence-corrected chi connectivity index (χ4v) is 6.06. The summed E-state index contributed by atoms with van der Waals surface area (Å²) in [7, 11) is 0. The van der Waals surface area contributed by atoms with Crippen molar-refractivity contribution in [3.63, 3.8) is 0 Å². The number of thiophene rings is 1. The van der Waals surface area contributed by atoms with Crippen molar-refractivity contribution >= 4 is 52.1 Å². The lowest BCUT2D eigenvalue weighted by Gasteiger charge is -2.35. The Labute approximate surface area is 213 Å². The number of nitrogens with zero attached hydrogens (tertiary/aromatic N) is 3. The Morgan fingerprint density at radius 1 is 1.00 bits per heavy atom. The Kier molecular flexibility index (Phi) is 9.42. The van der Waals surface area contributed by atoms with Gasteiger partial charge in [0.1, 0.15) is 5.82 Å². The Hall–Kier alpha value is -1.37. The zero-order valence-corrected chi connectivity index (χ0v) is 21.7. The molecule has 4 nitrogen and oxygen atoms in total. The third kappa shape index (κ3) is 5.66. The normalized spacial score (nSPS) is 18.5. The second-order valence-corrected chi connectivity index (χ2v) is 9.97. The first-order valence-electron chi connectivity index (χ1n) is 11.9. The average Bonchev–Trinajstić information content (AvgIpc) is 3.32. The summed E-state index contributed by atoms with van der Waals surface area (Å²) in [6, 6.07) is 12.9. The van der Waals surface area contributed by atoms with Crippen molar-refractivity contribution in [3.8, 4) is 11.3 Å². The largest absolute Gasteiger partial charge is 0.388 e. The van der Waals surface area contributed by atoms with Gasteiger partial charge in [-0.3, -0.25) is 0 Å². The summed E-state index contributed by atoms with van der Waals surface area (Å²) in [5, 5.41) is 14.3. The van der Waals surface area contributed by atoms with Gasteiger partial charge in [0.25, 0.3) is 0 Å². The number of rotatable bonds is 5. The molecule has 3 aromatic rings. The van der Waals surface area contributed by atoms with Crippen LogP contribution in [0.4, 0.5) is 5.82 Å². The maximum atomic E-state index is 10.9. The summed E-state index contributed by atoms with van der Waals surface area (Å²) in [6.45, 7) is 7.62. The highest BCUT2D eigenvalue weighted by Gasteiger charge is 2.23. The fraction of sp³-hybridized carbons (Fsp3) is 0.500. The van der Waals surface area contributed by atoms with Gasteiger partial charge in [0, 0.05) is 31.7 Å². The van der Waals surface area contributed by atoms with E-state index in [4.69, 9.17) is 4.98 Å². The van der Waals surface area contributed by atoms with Gasteiger partial charge in [-0.25, -0.2) is 4.98 Å². The molecule has 33 heavy (non-hydrogen) atoms. The molecule has 1 unspecified atom stereocenters. The molecule has 7 heteroatoms. The molecular formula is C26H35Cl2N3OS. The van der Waals surface area contributed by atoms with Gasteiger partial charge in [0.15, 0.2) is 0 Å². The van der Waals surface area contributed by atoms with Crippen LogP contribution < -0.4 is 4.90 Å². The monoisotopic (exact) mass is 507 g/mol. The summed E-state index contributed by atoms with van der Waals surface area (Å²) in [6.07, 6.45) is 5.77. The topological polar surface area (TPSA) is 39.6 Å². The maximum Gasteiger partial charge on any atom is 0.147 e. The number of aliphatic hydroxyl groups is 1. The molecule has 1 saturated carbocycles. The molecule has 3 heterocycles. The average molecular weight is 509 g/mol. The second kappa shape index (κ2) is 11.9. The Bertz CT molecular complexity index is 1010. The SMILES string of the molecule is CCN1CCN(c2nc(-c3ccc(C(O)C4CCCCC4)cc3)cc3ccsc23)CC1.Cl.Cl. The first-order valence-corrected chi connectivity index (χ1v) is 12.7. The molecule has 1 N–H and O–H groups in total. The molecule has 1 atom stereocenters. The van der Waals surface area contributed by atoms with Crippen LogP contribution in [0.2, 0.25) is 0 Å². The predicted octanol–water partition coefficient (Wildman–Crippen LogP) is 6.56. The Morgan fingerprint density at radius 3 is 2.36 bits per heavy atom. The lowest BCUT2D eigenvalue weighted by Crippen LogP contribution is -2.46. The molecule has 0 amide bonds. The van der Waals surface area contributed by atoms with Gasteiger partial charge in [-0.15, -0.1) is 36.2 Å². The van der Waals surface area contributed by atoms with E-state index in [1.807, 2.05) is 0 Å². The number of anilines is 1. The second-order valence-electron chi connectivity index (χ2n) is 9.06. The van der Waals surface area contributed by atoms with E-state index in [2.05, 4.69) is 58.5 Å². The minimum absolute atomic E-state index is 0. The quantitative estimate of drug-likeness (QED) is 0.424. The van der Waals surface area contributed by atoms with Gasteiger partial charge < -0.3 is 14.9 Å². The maximum absolute atomic E-state index is 10.9. The molecule has 0 bridgehead atoms. The summed E-state index contributed by atoms with van der Waals surface area (Å²) < 4.78 is 1.29. The van der Waals surface area contributed by atoms with E-state index >= 15 is 0 Å².